The van der Waals surface area contributed by atoms with Gasteiger partial charge in [-0.25, -0.2) is 0 Å². The van der Waals surface area contributed by atoms with E-state index in [1.165, 1.54) is 0 Å². The molecule has 0 aromatic heterocycles. The number of rotatable bonds is 0. The zero-order valence-corrected chi connectivity index (χ0v) is 12.4. The van der Waals surface area contributed by atoms with Crippen LogP contribution >= 0.6 is 15.9 Å². The number of ether oxygens (including phenoxy) is 4. The minimum atomic E-state index is -0.997. The molecule has 4 aliphatic carbocycles. The first kappa shape index (κ1) is 11.5. The van der Waals surface area contributed by atoms with Crippen molar-refractivity contribution in [1.82, 2.24) is 0 Å². The summed E-state index contributed by atoms with van der Waals surface area (Å²) in [4.78, 5) is 12.8. The molecule has 6 heteroatoms. The quantitative estimate of drug-likeness (QED) is 0.606. The van der Waals surface area contributed by atoms with Gasteiger partial charge in [-0.05, 0) is 18.3 Å². The fourth-order valence-corrected chi connectivity index (χ4v) is 7.98. The summed E-state index contributed by atoms with van der Waals surface area (Å²) in [7, 11) is 0. The molecule has 0 N–H and O–H groups in total. The minimum absolute atomic E-state index is 0.0703. The molecular weight excluding hydrogens is 328 g/mol. The smallest absolute Gasteiger partial charge is 0.233 e. The topological polar surface area (TPSA) is 54.0 Å². The molecule has 0 aromatic carbocycles. The lowest BCUT2D eigenvalue weighted by atomic mass is 9.55. The van der Waals surface area contributed by atoms with Crippen LogP contribution in [0.2, 0.25) is 0 Å². The van der Waals surface area contributed by atoms with Gasteiger partial charge < -0.3 is 18.9 Å². The van der Waals surface area contributed by atoms with Crippen LogP contribution in [0.1, 0.15) is 6.42 Å². The van der Waals surface area contributed by atoms with Gasteiger partial charge in [-0.15, -0.1) is 0 Å². The average molecular weight is 343 g/mol. The van der Waals surface area contributed by atoms with Gasteiger partial charge in [0.15, 0.2) is 11.6 Å². The molecule has 5 nitrogen and oxygen atoms in total. The first-order chi connectivity index (χ1) is 9.67. The first-order valence-corrected chi connectivity index (χ1v) is 8.25. The van der Waals surface area contributed by atoms with E-state index in [9.17, 15) is 4.79 Å². The second-order valence-electron chi connectivity index (χ2n) is 6.89. The van der Waals surface area contributed by atoms with Crippen LogP contribution in [0.3, 0.4) is 0 Å². The van der Waals surface area contributed by atoms with Crippen LogP contribution in [0.5, 0.6) is 0 Å². The van der Waals surface area contributed by atoms with Crippen molar-refractivity contribution in [2.75, 3.05) is 26.4 Å². The zero-order valence-electron chi connectivity index (χ0n) is 10.8. The van der Waals surface area contributed by atoms with Gasteiger partial charge in [-0.2, -0.15) is 0 Å². The van der Waals surface area contributed by atoms with E-state index in [1.54, 1.807) is 0 Å². The second kappa shape index (κ2) is 3.04. The van der Waals surface area contributed by atoms with Gasteiger partial charge in [-0.1, -0.05) is 15.9 Å². The molecule has 0 amide bonds. The summed E-state index contributed by atoms with van der Waals surface area (Å²) >= 11 is 3.95. The van der Waals surface area contributed by atoms with Gasteiger partial charge in [0.2, 0.25) is 5.79 Å². The molecule has 2 aliphatic heterocycles. The van der Waals surface area contributed by atoms with Gasteiger partial charge >= 0.3 is 0 Å². The molecule has 2 saturated heterocycles. The molecule has 6 atom stereocenters. The van der Waals surface area contributed by atoms with Crippen molar-refractivity contribution in [1.29, 1.82) is 0 Å². The highest BCUT2D eigenvalue weighted by Crippen LogP contribution is 2.85. The van der Waals surface area contributed by atoms with Gasteiger partial charge in [0, 0.05) is 17.8 Å². The summed E-state index contributed by atoms with van der Waals surface area (Å²) in [6.45, 7) is 2.32. The fraction of sp³-hybridized carbons (Fsp3) is 0.929. The van der Waals surface area contributed by atoms with E-state index in [0.29, 0.717) is 32.3 Å². The molecule has 6 rings (SSSR count). The summed E-state index contributed by atoms with van der Waals surface area (Å²) < 4.78 is 23.7. The summed E-state index contributed by atoms with van der Waals surface area (Å²) in [5, 5.41) is 0. The Morgan fingerprint density at radius 1 is 0.950 bits per heavy atom. The number of alkyl halides is 1. The van der Waals surface area contributed by atoms with Crippen LogP contribution in [0.4, 0.5) is 0 Å². The second-order valence-corrected chi connectivity index (χ2v) is 8.20. The van der Waals surface area contributed by atoms with Gasteiger partial charge in [-0.3, -0.25) is 4.79 Å². The number of halogens is 1. The molecule has 108 valence electrons. The Balaban J connectivity index is 1.57. The number of fused-ring (bicyclic) bond motifs is 3. The number of Topliss-reactive ketones (excluding diaryl/α,β-unsaturated/α-hetero) is 1. The van der Waals surface area contributed by atoms with Crippen molar-refractivity contribution in [3.05, 3.63) is 0 Å². The summed E-state index contributed by atoms with van der Waals surface area (Å²) in [5.41, 5.74) is 0. The highest BCUT2D eigenvalue weighted by Gasteiger charge is 2.94. The van der Waals surface area contributed by atoms with Crippen LogP contribution in [-0.4, -0.2) is 48.1 Å². The van der Waals surface area contributed by atoms with E-state index >= 15 is 0 Å². The average Bonchev–Trinajstić information content (AvgIpc) is 3.20. The molecule has 0 unspecified atom stereocenters. The van der Waals surface area contributed by atoms with Crippen molar-refractivity contribution < 1.29 is 23.7 Å². The lowest BCUT2D eigenvalue weighted by Crippen LogP contribution is -2.64. The summed E-state index contributed by atoms with van der Waals surface area (Å²) in [5.74, 6) is -0.441. The van der Waals surface area contributed by atoms with E-state index in [-0.39, 0.29) is 33.8 Å². The number of carbonyl (C=O) groups excluding carboxylic acids is 1. The van der Waals surface area contributed by atoms with Crippen LogP contribution in [0, 0.1) is 29.6 Å². The van der Waals surface area contributed by atoms with Crippen LogP contribution in [0.25, 0.3) is 0 Å². The number of ketones is 1. The van der Waals surface area contributed by atoms with Gasteiger partial charge in [0.05, 0.1) is 30.8 Å². The predicted octanol–water partition coefficient (Wildman–Crippen LogP) is 0.701. The predicted molar refractivity (Wildman–Crippen MR) is 68.0 cm³/mol. The standard InChI is InChI=1S/C14H15BrO5/c15-12-6-5-7(14(12)19-3-4-20-14)9-10(12)8(6)11(16)13(9)17-1-2-18-13/h6-10H,1-5H2/t6-,7-,8+,9-,10+,12-/m0/s1. The normalized spacial score (nSPS) is 59.0. The molecule has 2 bridgehead atoms. The molecule has 2 spiro atoms. The van der Waals surface area contributed by atoms with Crippen LogP contribution in [-0.2, 0) is 23.7 Å². The number of carbonyl (C=O) groups is 1. The monoisotopic (exact) mass is 342 g/mol. The van der Waals surface area contributed by atoms with E-state index < -0.39 is 11.6 Å². The van der Waals surface area contributed by atoms with Gasteiger partial charge in [0.25, 0.3) is 0 Å². The molecule has 4 saturated carbocycles. The van der Waals surface area contributed by atoms with Crippen molar-refractivity contribution in [2.45, 2.75) is 22.3 Å². The van der Waals surface area contributed by atoms with Crippen molar-refractivity contribution in [2.24, 2.45) is 29.6 Å². The molecule has 0 radical (unpaired) electrons. The third-order valence-corrected chi connectivity index (χ3v) is 8.38. The lowest BCUT2D eigenvalue weighted by Gasteiger charge is -2.54. The molecule has 20 heavy (non-hydrogen) atoms. The summed E-state index contributed by atoms with van der Waals surface area (Å²) in [6.07, 6.45) is 0.983. The van der Waals surface area contributed by atoms with E-state index in [2.05, 4.69) is 15.9 Å². The molecule has 6 aliphatic rings. The maximum atomic E-state index is 12.8. The first-order valence-electron chi connectivity index (χ1n) is 7.46. The van der Waals surface area contributed by atoms with Crippen molar-refractivity contribution in [3.8, 4) is 0 Å². The summed E-state index contributed by atoms with van der Waals surface area (Å²) in [6, 6.07) is 0. The Hall–Kier alpha value is -0.0100. The van der Waals surface area contributed by atoms with Crippen molar-refractivity contribution in [3.63, 3.8) is 0 Å². The Labute approximate surface area is 124 Å². The third-order valence-electron chi connectivity index (χ3n) is 6.71. The van der Waals surface area contributed by atoms with Crippen molar-refractivity contribution >= 4 is 21.7 Å². The fourth-order valence-electron chi connectivity index (χ4n) is 6.41. The van der Waals surface area contributed by atoms with E-state index in [4.69, 9.17) is 18.9 Å². The van der Waals surface area contributed by atoms with Gasteiger partial charge in [0.1, 0.15) is 0 Å². The minimum Gasteiger partial charge on any atom is -0.346 e. The molecule has 2 heterocycles. The van der Waals surface area contributed by atoms with Crippen LogP contribution in [0.15, 0.2) is 0 Å². The maximum Gasteiger partial charge on any atom is 0.233 e. The van der Waals surface area contributed by atoms with E-state index in [0.717, 1.165) is 6.42 Å². The molecule has 6 fully saturated rings. The van der Waals surface area contributed by atoms with Crippen LogP contribution < -0.4 is 0 Å². The SMILES string of the molecule is O=C1[C@H]2[C@@H]3[C@H]([C@@H]4C[C@@H]2[C@@]3(Br)C42OCCO2)C12OCCO2. The number of hydrogen-bond acceptors (Lipinski definition) is 5. The Morgan fingerprint density at radius 3 is 2.30 bits per heavy atom. The highest BCUT2D eigenvalue weighted by atomic mass is 79.9. The number of hydrogen-bond donors (Lipinski definition) is 0. The van der Waals surface area contributed by atoms with E-state index in [1.807, 2.05) is 0 Å². The molecular formula is C14H15BrO5. The Morgan fingerprint density at radius 2 is 1.60 bits per heavy atom. The lowest BCUT2D eigenvalue weighted by molar-refractivity contribution is -0.224. The Kier molecular flexibility index (Phi) is 1.75. The largest absolute Gasteiger partial charge is 0.346 e. The maximum absolute atomic E-state index is 12.8. The highest BCUT2D eigenvalue weighted by molar-refractivity contribution is 9.10. The third kappa shape index (κ3) is 0.792. The Bertz CT molecular complexity index is 538. The molecule has 0 aromatic rings. The zero-order chi connectivity index (χ0) is 13.3.